The Kier molecular flexibility index (Phi) is 6.57. The summed E-state index contributed by atoms with van der Waals surface area (Å²) in [4.78, 5) is 0. The molecule has 1 N–H and O–H groups in total. The van der Waals surface area contributed by atoms with Gasteiger partial charge in [0, 0.05) is 6.54 Å². The van der Waals surface area contributed by atoms with E-state index in [0.29, 0.717) is 5.92 Å². The van der Waals surface area contributed by atoms with Gasteiger partial charge in [-0.15, -0.1) is 11.6 Å². The standard InChI is InChI=1S/C11H22ClN2/c1-2-3-4-5-6-13-8-10-7-11(12)14-9-10/h10-11,13H,2-9H2,1H3. The van der Waals surface area contributed by atoms with Crippen LogP contribution in [0.15, 0.2) is 0 Å². The lowest BCUT2D eigenvalue weighted by molar-refractivity contribution is 0.497. The molecule has 1 rings (SSSR count). The maximum absolute atomic E-state index is 5.89. The fourth-order valence-electron chi connectivity index (χ4n) is 1.82. The van der Waals surface area contributed by atoms with Crippen LogP contribution in [0.3, 0.4) is 0 Å². The number of hydrogen-bond acceptors (Lipinski definition) is 1. The number of rotatable bonds is 7. The van der Waals surface area contributed by atoms with E-state index in [4.69, 9.17) is 11.6 Å². The van der Waals surface area contributed by atoms with Gasteiger partial charge >= 0.3 is 0 Å². The Bertz CT molecular complexity index is 141. The van der Waals surface area contributed by atoms with Crippen molar-refractivity contribution in [2.75, 3.05) is 19.6 Å². The Morgan fingerprint density at radius 3 is 2.86 bits per heavy atom. The predicted octanol–water partition coefficient (Wildman–Crippen LogP) is 2.35. The molecule has 1 aliphatic heterocycles. The lowest BCUT2D eigenvalue weighted by atomic mass is 10.1. The van der Waals surface area contributed by atoms with E-state index in [2.05, 4.69) is 17.6 Å². The van der Waals surface area contributed by atoms with Crippen molar-refractivity contribution in [2.24, 2.45) is 5.92 Å². The fourth-order valence-corrected chi connectivity index (χ4v) is 2.15. The van der Waals surface area contributed by atoms with Crippen LogP contribution in [-0.2, 0) is 0 Å². The van der Waals surface area contributed by atoms with Gasteiger partial charge in [-0.3, -0.25) is 0 Å². The molecule has 2 nitrogen and oxygen atoms in total. The van der Waals surface area contributed by atoms with Crippen LogP contribution < -0.4 is 10.6 Å². The van der Waals surface area contributed by atoms with Crippen LogP contribution in [0.4, 0.5) is 0 Å². The molecule has 1 radical (unpaired) electrons. The minimum absolute atomic E-state index is 0.0851. The molecule has 1 aliphatic rings. The van der Waals surface area contributed by atoms with Crippen molar-refractivity contribution >= 4 is 11.6 Å². The first-order valence-corrected chi connectivity index (χ1v) is 6.28. The van der Waals surface area contributed by atoms with Crippen LogP contribution in [-0.4, -0.2) is 25.1 Å². The third-order valence-electron chi connectivity index (χ3n) is 2.73. The number of hydrogen-bond donors (Lipinski definition) is 1. The topological polar surface area (TPSA) is 26.1 Å². The second-order valence-corrected chi connectivity index (χ2v) is 4.67. The fraction of sp³-hybridized carbons (Fsp3) is 1.00. The molecular formula is C11H22ClN2. The van der Waals surface area contributed by atoms with E-state index in [-0.39, 0.29) is 5.50 Å². The average Bonchev–Trinajstić information content (AvgIpc) is 2.58. The smallest absolute Gasteiger partial charge is 0.0988 e. The van der Waals surface area contributed by atoms with Gasteiger partial charge in [0.15, 0.2) is 0 Å². The van der Waals surface area contributed by atoms with Crippen LogP contribution in [0.25, 0.3) is 0 Å². The number of nitrogens with zero attached hydrogens (tertiary/aromatic N) is 1. The Hall–Kier alpha value is 0.210. The molecule has 1 heterocycles. The van der Waals surface area contributed by atoms with E-state index < -0.39 is 0 Å². The van der Waals surface area contributed by atoms with Gasteiger partial charge in [0.1, 0.15) is 0 Å². The summed E-state index contributed by atoms with van der Waals surface area (Å²) >= 11 is 5.89. The molecule has 0 spiro atoms. The monoisotopic (exact) mass is 217 g/mol. The molecule has 2 atom stereocenters. The van der Waals surface area contributed by atoms with Gasteiger partial charge in [0.25, 0.3) is 0 Å². The van der Waals surface area contributed by atoms with E-state index >= 15 is 0 Å². The molecule has 83 valence electrons. The molecule has 14 heavy (non-hydrogen) atoms. The zero-order valence-corrected chi connectivity index (χ0v) is 9.89. The van der Waals surface area contributed by atoms with Gasteiger partial charge in [0.2, 0.25) is 0 Å². The van der Waals surface area contributed by atoms with Crippen LogP contribution in [0.1, 0.15) is 39.0 Å². The van der Waals surface area contributed by atoms with E-state index in [1.54, 1.807) is 0 Å². The highest BCUT2D eigenvalue weighted by atomic mass is 35.5. The summed E-state index contributed by atoms with van der Waals surface area (Å²) in [6.07, 6.45) is 6.40. The van der Waals surface area contributed by atoms with E-state index in [1.807, 2.05) is 0 Å². The first kappa shape index (κ1) is 12.3. The second-order valence-electron chi connectivity index (χ2n) is 4.17. The highest BCUT2D eigenvalue weighted by molar-refractivity contribution is 6.20. The first-order valence-electron chi connectivity index (χ1n) is 5.84. The molecule has 0 amide bonds. The summed E-state index contributed by atoms with van der Waals surface area (Å²) in [6.45, 7) is 5.45. The third-order valence-corrected chi connectivity index (χ3v) is 3.05. The summed E-state index contributed by atoms with van der Waals surface area (Å²) in [5.41, 5.74) is 0.0851. The second kappa shape index (κ2) is 7.49. The van der Waals surface area contributed by atoms with Gasteiger partial charge in [-0.2, -0.15) is 0 Å². The number of nitrogens with one attached hydrogen (secondary N) is 1. The number of alkyl halides is 1. The van der Waals surface area contributed by atoms with Crippen molar-refractivity contribution in [2.45, 2.75) is 44.5 Å². The highest BCUT2D eigenvalue weighted by Crippen LogP contribution is 2.17. The van der Waals surface area contributed by atoms with E-state index in [0.717, 1.165) is 26.1 Å². The molecule has 2 unspecified atom stereocenters. The quantitative estimate of drug-likeness (QED) is 0.396. The SMILES string of the molecule is CCCCCCNCC1C[N]C(Cl)C1. The summed E-state index contributed by atoms with van der Waals surface area (Å²) in [5.74, 6) is 0.684. The summed E-state index contributed by atoms with van der Waals surface area (Å²) < 4.78 is 0. The van der Waals surface area contributed by atoms with Gasteiger partial charge in [-0.1, -0.05) is 26.2 Å². The summed E-state index contributed by atoms with van der Waals surface area (Å²) in [7, 11) is 0. The van der Waals surface area contributed by atoms with Crippen molar-refractivity contribution in [1.82, 2.24) is 10.6 Å². The van der Waals surface area contributed by atoms with Crippen molar-refractivity contribution in [3.8, 4) is 0 Å². The molecule has 3 heteroatoms. The molecule has 1 fully saturated rings. The van der Waals surface area contributed by atoms with Gasteiger partial charge in [-0.05, 0) is 31.8 Å². The number of unbranched alkanes of at least 4 members (excludes halogenated alkanes) is 3. The lowest BCUT2D eigenvalue weighted by Gasteiger charge is -2.09. The molecule has 0 aromatic rings. The highest BCUT2D eigenvalue weighted by Gasteiger charge is 2.22. The Balaban J connectivity index is 1.84. The number of halogens is 1. The predicted molar refractivity (Wildman–Crippen MR) is 61.8 cm³/mol. The molecule has 1 saturated heterocycles. The normalized spacial score (nSPS) is 27.0. The van der Waals surface area contributed by atoms with Crippen molar-refractivity contribution in [3.63, 3.8) is 0 Å². The van der Waals surface area contributed by atoms with Gasteiger partial charge in [-0.25, -0.2) is 5.32 Å². The van der Waals surface area contributed by atoms with Gasteiger partial charge in [0.05, 0.1) is 5.50 Å². The van der Waals surface area contributed by atoms with Crippen LogP contribution in [0.2, 0.25) is 0 Å². The Morgan fingerprint density at radius 1 is 1.36 bits per heavy atom. The molecule has 0 aliphatic carbocycles. The van der Waals surface area contributed by atoms with E-state index in [1.165, 1.54) is 25.7 Å². The lowest BCUT2D eigenvalue weighted by Crippen LogP contribution is -2.24. The Labute approximate surface area is 92.8 Å². The van der Waals surface area contributed by atoms with Crippen LogP contribution >= 0.6 is 11.6 Å². The van der Waals surface area contributed by atoms with Crippen molar-refractivity contribution in [1.29, 1.82) is 0 Å². The summed E-state index contributed by atoms with van der Waals surface area (Å²) in [5, 5.41) is 7.76. The maximum Gasteiger partial charge on any atom is 0.0988 e. The summed E-state index contributed by atoms with van der Waals surface area (Å²) in [6, 6.07) is 0. The molecule has 0 aromatic carbocycles. The van der Waals surface area contributed by atoms with Crippen LogP contribution in [0.5, 0.6) is 0 Å². The zero-order chi connectivity index (χ0) is 10.2. The average molecular weight is 218 g/mol. The zero-order valence-electron chi connectivity index (χ0n) is 9.14. The molecular weight excluding hydrogens is 196 g/mol. The van der Waals surface area contributed by atoms with E-state index in [9.17, 15) is 0 Å². The van der Waals surface area contributed by atoms with Crippen LogP contribution in [0, 0.1) is 5.92 Å². The molecule has 0 bridgehead atoms. The third kappa shape index (κ3) is 5.18. The largest absolute Gasteiger partial charge is 0.316 e. The van der Waals surface area contributed by atoms with Gasteiger partial charge < -0.3 is 5.32 Å². The first-order chi connectivity index (χ1) is 6.83. The molecule has 0 saturated carbocycles. The maximum atomic E-state index is 5.89. The van der Waals surface area contributed by atoms with Crippen molar-refractivity contribution in [3.05, 3.63) is 0 Å². The minimum Gasteiger partial charge on any atom is -0.316 e. The Morgan fingerprint density at radius 2 is 2.21 bits per heavy atom. The van der Waals surface area contributed by atoms with Crippen molar-refractivity contribution < 1.29 is 0 Å². The molecule has 0 aromatic heterocycles. The minimum atomic E-state index is 0.0851.